The molecule has 0 radical (unpaired) electrons. The maximum absolute atomic E-state index is 13.0. The largest absolute Gasteiger partial charge is 0.489 e. The van der Waals surface area contributed by atoms with Gasteiger partial charge in [-0.2, -0.15) is 11.8 Å². The number of thioether (sulfide) groups is 1. The maximum Gasteiger partial charge on any atom is 0.321 e. The number of halogens is 1. The van der Waals surface area contributed by atoms with Gasteiger partial charge in [-0.05, 0) is 18.2 Å². The smallest absolute Gasteiger partial charge is 0.321 e. The zero-order chi connectivity index (χ0) is 13.1. The molecule has 1 aromatic rings. The second-order valence-corrected chi connectivity index (χ2v) is 5.25. The van der Waals surface area contributed by atoms with Gasteiger partial charge in [-0.1, -0.05) is 0 Å². The van der Waals surface area contributed by atoms with E-state index in [1.807, 2.05) is 0 Å². The molecule has 1 unspecified atom stereocenters. The van der Waals surface area contributed by atoms with Crippen LogP contribution < -0.4 is 10.5 Å². The molecular weight excluding hydrogens is 257 g/mol. The van der Waals surface area contributed by atoms with Crippen molar-refractivity contribution in [2.75, 3.05) is 11.5 Å². The molecule has 6 heteroatoms. The van der Waals surface area contributed by atoms with Gasteiger partial charge in [0, 0.05) is 23.5 Å². The number of nitrogens with two attached hydrogens (primary N) is 1. The van der Waals surface area contributed by atoms with Crippen LogP contribution in [0, 0.1) is 5.82 Å². The molecule has 0 fully saturated rings. The fourth-order valence-electron chi connectivity index (χ4n) is 1.78. The number of aliphatic carboxylic acids is 1. The minimum atomic E-state index is -1.000. The van der Waals surface area contributed by atoms with Crippen LogP contribution in [-0.2, 0) is 11.2 Å². The van der Waals surface area contributed by atoms with Crippen LogP contribution >= 0.6 is 11.8 Å². The quantitative estimate of drug-likeness (QED) is 0.844. The van der Waals surface area contributed by atoms with Crippen molar-refractivity contribution in [1.29, 1.82) is 0 Å². The van der Waals surface area contributed by atoms with E-state index in [0.717, 1.165) is 5.56 Å². The second kappa shape index (κ2) is 5.58. The topological polar surface area (TPSA) is 72.5 Å². The van der Waals surface area contributed by atoms with Crippen molar-refractivity contribution >= 4 is 17.7 Å². The Bertz CT molecular complexity index is 455. The van der Waals surface area contributed by atoms with Crippen LogP contribution in [0.1, 0.15) is 5.56 Å². The zero-order valence-corrected chi connectivity index (χ0v) is 10.5. The Labute approximate surface area is 108 Å². The Morgan fingerprint density at radius 1 is 1.67 bits per heavy atom. The summed E-state index contributed by atoms with van der Waals surface area (Å²) in [6.45, 7) is 0. The van der Waals surface area contributed by atoms with E-state index < -0.39 is 12.0 Å². The number of benzene rings is 1. The van der Waals surface area contributed by atoms with Gasteiger partial charge in [-0.25, -0.2) is 4.39 Å². The summed E-state index contributed by atoms with van der Waals surface area (Å²) in [6, 6.07) is 3.62. The fraction of sp³-hybridized carbons (Fsp3) is 0.417. The Balaban J connectivity index is 1.80. The number of fused-ring (bicyclic) bond motifs is 1. The first-order valence-electron chi connectivity index (χ1n) is 5.57. The minimum Gasteiger partial charge on any atom is -0.489 e. The predicted octanol–water partition coefficient (Wildman–Crippen LogP) is 1.27. The molecule has 3 N–H and O–H groups in total. The van der Waals surface area contributed by atoms with E-state index in [4.69, 9.17) is 15.6 Å². The molecule has 2 rings (SSSR count). The molecule has 2 atom stereocenters. The van der Waals surface area contributed by atoms with Crippen molar-refractivity contribution in [3.05, 3.63) is 29.6 Å². The standard InChI is InChI=1S/C12H14FNO3S/c13-8-1-2-11-7(3-8)4-9(17-11)5-18-6-10(14)12(15)16/h1-3,9-10H,4-6,14H2,(H,15,16)/t9?,10-/m0/s1. The van der Waals surface area contributed by atoms with Crippen LogP contribution in [0.3, 0.4) is 0 Å². The molecular formula is C12H14FNO3S. The van der Waals surface area contributed by atoms with Gasteiger partial charge in [-0.15, -0.1) is 0 Å². The van der Waals surface area contributed by atoms with Gasteiger partial charge in [0.15, 0.2) is 0 Å². The van der Waals surface area contributed by atoms with Crippen molar-refractivity contribution in [2.24, 2.45) is 5.73 Å². The Kier molecular flexibility index (Phi) is 4.08. The molecule has 1 aliphatic rings. The predicted molar refractivity (Wildman–Crippen MR) is 67.5 cm³/mol. The Morgan fingerprint density at radius 3 is 3.17 bits per heavy atom. The molecule has 1 aromatic carbocycles. The Hall–Kier alpha value is -1.27. The summed E-state index contributed by atoms with van der Waals surface area (Å²) >= 11 is 1.44. The van der Waals surface area contributed by atoms with E-state index in [2.05, 4.69) is 0 Å². The molecule has 0 saturated carbocycles. The number of carbonyl (C=O) groups is 1. The van der Waals surface area contributed by atoms with E-state index in [0.29, 0.717) is 23.7 Å². The fourth-order valence-corrected chi connectivity index (χ4v) is 2.76. The average Bonchev–Trinajstić information content (AvgIpc) is 2.70. The van der Waals surface area contributed by atoms with E-state index in [9.17, 15) is 9.18 Å². The first-order chi connectivity index (χ1) is 8.56. The summed E-state index contributed by atoms with van der Waals surface area (Å²) in [5, 5.41) is 8.64. The van der Waals surface area contributed by atoms with E-state index in [1.54, 1.807) is 6.07 Å². The summed E-state index contributed by atoms with van der Waals surface area (Å²) in [5.74, 6) is 0.445. The van der Waals surface area contributed by atoms with Gasteiger partial charge < -0.3 is 15.6 Å². The number of hydrogen-bond donors (Lipinski definition) is 2. The van der Waals surface area contributed by atoms with E-state index in [1.165, 1.54) is 23.9 Å². The van der Waals surface area contributed by atoms with Crippen LogP contribution in [0.15, 0.2) is 18.2 Å². The van der Waals surface area contributed by atoms with Crippen LogP contribution in [0.4, 0.5) is 4.39 Å². The molecule has 18 heavy (non-hydrogen) atoms. The number of carboxylic acids is 1. The molecule has 0 aromatic heterocycles. The third-order valence-electron chi connectivity index (χ3n) is 2.68. The van der Waals surface area contributed by atoms with Gasteiger partial charge in [0.2, 0.25) is 0 Å². The van der Waals surface area contributed by atoms with Crippen LogP contribution in [0.25, 0.3) is 0 Å². The lowest BCUT2D eigenvalue weighted by atomic mass is 10.1. The minimum absolute atomic E-state index is 0.0344. The van der Waals surface area contributed by atoms with Crippen molar-refractivity contribution < 1.29 is 19.0 Å². The SMILES string of the molecule is N[C@@H](CSCC1Cc2cc(F)ccc2O1)C(=O)O. The number of ether oxygens (including phenoxy) is 1. The highest BCUT2D eigenvalue weighted by Gasteiger charge is 2.23. The van der Waals surface area contributed by atoms with E-state index >= 15 is 0 Å². The van der Waals surface area contributed by atoms with Crippen molar-refractivity contribution in [3.63, 3.8) is 0 Å². The molecule has 4 nitrogen and oxygen atoms in total. The summed E-state index contributed by atoms with van der Waals surface area (Å²) in [5.41, 5.74) is 6.26. The Morgan fingerprint density at radius 2 is 2.44 bits per heavy atom. The first-order valence-corrected chi connectivity index (χ1v) is 6.73. The molecule has 0 saturated heterocycles. The number of hydrogen-bond acceptors (Lipinski definition) is 4. The summed E-state index contributed by atoms with van der Waals surface area (Å²) < 4.78 is 18.6. The molecule has 1 heterocycles. The second-order valence-electron chi connectivity index (χ2n) is 4.18. The van der Waals surface area contributed by atoms with Gasteiger partial charge in [0.25, 0.3) is 0 Å². The molecule has 0 amide bonds. The van der Waals surface area contributed by atoms with Gasteiger partial charge in [0.05, 0.1) is 0 Å². The highest BCUT2D eigenvalue weighted by Crippen LogP contribution is 2.30. The van der Waals surface area contributed by atoms with Crippen LogP contribution in [0.2, 0.25) is 0 Å². The first kappa shape index (κ1) is 13.2. The van der Waals surface area contributed by atoms with Crippen LogP contribution in [0.5, 0.6) is 5.75 Å². The zero-order valence-electron chi connectivity index (χ0n) is 9.64. The molecule has 0 aliphatic carbocycles. The maximum atomic E-state index is 13.0. The third-order valence-corrected chi connectivity index (χ3v) is 3.88. The summed E-state index contributed by atoms with van der Waals surface area (Å²) in [7, 11) is 0. The number of rotatable bonds is 5. The van der Waals surface area contributed by atoms with Crippen molar-refractivity contribution in [2.45, 2.75) is 18.6 Å². The van der Waals surface area contributed by atoms with Crippen molar-refractivity contribution in [1.82, 2.24) is 0 Å². The molecule has 1 aliphatic heterocycles. The summed E-state index contributed by atoms with van der Waals surface area (Å²) in [4.78, 5) is 10.5. The lowest BCUT2D eigenvalue weighted by Gasteiger charge is -2.11. The molecule has 0 bridgehead atoms. The van der Waals surface area contributed by atoms with E-state index in [-0.39, 0.29) is 11.9 Å². The average molecular weight is 271 g/mol. The lowest BCUT2D eigenvalue weighted by molar-refractivity contribution is -0.137. The normalized spacial score (nSPS) is 19.1. The number of carboxylic acid groups (broad SMARTS) is 1. The van der Waals surface area contributed by atoms with Gasteiger partial charge in [-0.3, -0.25) is 4.79 Å². The van der Waals surface area contributed by atoms with Crippen molar-refractivity contribution in [3.8, 4) is 5.75 Å². The third kappa shape index (κ3) is 3.14. The van der Waals surface area contributed by atoms with Gasteiger partial charge >= 0.3 is 5.97 Å². The molecule has 98 valence electrons. The van der Waals surface area contributed by atoms with Crippen LogP contribution in [-0.4, -0.2) is 34.7 Å². The highest BCUT2D eigenvalue weighted by atomic mass is 32.2. The molecule has 0 spiro atoms. The van der Waals surface area contributed by atoms with Gasteiger partial charge in [0.1, 0.15) is 23.7 Å². The lowest BCUT2D eigenvalue weighted by Crippen LogP contribution is -2.33. The monoisotopic (exact) mass is 271 g/mol. The summed E-state index contributed by atoms with van der Waals surface area (Å²) in [6.07, 6.45) is 0.621. The highest BCUT2D eigenvalue weighted by molar-refractivity contribution is 7.99.